The number of benzene rings is 2. The maximum absolute atomic E-state index is 9.04. The molecule has 0 bridgehead atoms. The molecular formula is C16H11N3. The minimum atomic E-state index is 0.419. The minimum Gasteiger partial charge on any atom is -0.232 e. The number of rotatable bonds is 2. The third-order valence-corrected chi connectivity index (χ3v) is 2.89. The van der Waals surface area contributed by atoms with E-state index in [2.05, 4.69) is 11.2 Å². The van der Waals surface area contributed by atoms with Gasteiger partial charge in [0.15, 0.2) is 5.69 Å². The molecule has 0 aliphatic carbocycles. The van der Waals surface area contributed by atoms with E-state index in [1.807, 2.05) is 66.7 Å². The molecule has 0 fully saturated rings. The van der Waals surface area contributed by atoms with Crippen LogP contribution in [0.15, 0.2) is 66.7 Å². The van der Waals surface area contributed by atoms with E-state index in [4.69, 9.17) is 5.26 Å². The first kappa shape index (κ1) is 11.2. The maximum atomic E-state index is 9.04. The highest BCUT2D eigenvalue weighted by atomic mass is 15.3. The number of aromatic nitrogens is 2. The lowest BCUT2D eigenvalue weighted by atomic mass is 10.1. The van der Waals surface area contributed by atoms with Gasteiger partial charge in [0.2, 0.25) is 0 Å². The van der Waals surface area contributed by atoms with Gasteiger partial charge in [0.05, 0.1) is 11.4 Å². The summed E-state index contributed by atoms with van der Waals surface area (Å²) in [5, 5.41) is 13.4. The minimum absolute atomic E-state index is 0.419. The molecule has 0 N–H and O–H groups in total. The van der Waals surface area contributed by atoms with Crippen molar-refractivity contribution in [3.05, 3.63) is 72.4 Å². The van der Waals surface area contributed by atoms with Crippen LogP contribution in [0.25, 0.3) is 16.9 Å². The zero-order valence-electron chi connectivity index (χ0n) is 10.2. The van der Waals surface area contributed by atoms with E-state index >= 15 is 0 Å². The second-order valence-corrected chi connectivity index (χ2v) is 4.14. The fraction of sp³-hybridized carbons (Fsp3) is 0. The molecule has 0 saturated heterocycles. The van der Waals surface area contributed by atoms with Crippen molar-refractivity contribution < 1.29 is 0 Å². The molecule has 0 aliphatic heterocycles. The monoisotopic (exact) mass is 245 g/mol. The zero-order valence-corrected chi connectivity index (χ0v) is 10.2. The van der Waals surface area contributed by atoms with Crippen LogP contribution in [0.2, 0.25) is 0 Å². The van der Waals surface area contributed by atoms with E-state index < -0.39 is 0 Å². The van der Waals surface area contributed by atoms with E-state index in [0.29, 0.717) is 5.69 Å². The van der Waals surface area contributed by atoms with E-state index in [0.717, 1.165) is 16.9 Å². The Morgan fingerprint density at radius 3 is 2.16 bits per heavy atom. The number of hydrogen-bond acceptors (Lipinski definition) is 2. The second-order valence-electron chi connectivity index (χ2n) is 4.14. The SMILES string of the molecule is N#Cc1cc(-c2ccccc2)n(-c2ccccc2)n1. The average molecular weight is 245 g/mol. The summed E-state index contributed by atoms with van der Waals surface area (Å²) < 4.78 is 1.80. The summed E-state index contributed by atoms with van der Waals surface area (Å²) >= 11 is 0. The van der Waals surface area contributed by atoms with Crippen LogP contribution in [-0.2, 0) is 0 Å². The smallest absolute Gasteiger partial charge is 0.163 e. The molecule has 0 radical (unpaired) electrons. The van der Waals surface area contributed by atoms with Crippen molar-refractivity contribution in [2.45, 2.75) is 0 Å². The van der Waals surface area contributed by atoms with E-state index in [-0.39, 0.29) is 0 Å². The predicted molar refractivity (Wildman–Crippen MR) is 73.7 cm³/mol. The summed E-state index contributed by atoms with van der Waals surface area (Å²) in [5.74, 6) is 0. The fourth-order valence-corrected chi connectivity index (χ4v) is 2.02. The second kappa shape index (κ2) is 4.79. The Hall–Kier alpha value is -2.86. The molecule has 3 heteroatoms. The van der Waals surface area contributed by atoms with E-state index in [9.17, 15) is 0 Å². The molecule has 3 rings (SSSR count). The van der Waals surface area contributed by atoms with Crippen LogP contribution in [0, 0.1) is 11.3 Å². The first-order valence-electron chi connectivity index (χ1n) is 5.99. The van der Waals surface area contributed by atoms with Gasteiger partial charge in [-0.05, 0) is 12.1 Å². The number of nitrogens with zero attached hydrogens (tertiary/aromatic N) is 3. The van der Waals surface area contributed by atoms with Crippen molar-refractivity contribution >= 4 is 0 Å². The van der Waals surface area contributed by atoms with Gasteiger partial charge in [-0.3, -0.25) is 0 Å². The summed E-state index contributed by atoms with van der Waals surface area (Å²) in [6.07, 6.45) is 0. The van der Waals surface area contributed by atoms with Crippen molar-refractivity contribution in [3.63, 3.8) is 0 Å². The summed E-state index contributed by atoms with van der Waals surface area (Å²) in [5.41, 5.74) is 3.33. The van der Waals surface area contributed by atoms with Gasteiger partial charge in [-0.25, -0.2) is 4.68 Å². The normalized spacial score (nSPS) is 10.1. The van der Waals surface area contributed by atoms with Gasteiger partial charge in [-0.2, -0.15) is 10.4 Å². The lowest BCUT2D eigenvalue weighted by Crippen LogP contribution is -1.98. The third-order valence-electron chi connectivity index (χ3n) is 2.89. The van der Waals surface area contributed by atoms with E-state index in [1.165, 1.54) is 0 Å². The largest absolute Gasteiger partial charge is 0.232 e. The van der Waals surface area contributed by atoms with Gasteiger partial charge in [-0.1, -0.05) is 48.5 Å². The van der Waals surface area contributed by atoms with Gasteiger partial charge in [0.25, 0.3) is 0 Å². The fourth-order valence-electron chi connectivity index (χ4n) is 2.02. The van der Waals surface area contributed by atoms with Crippen molar-refractivity contribution in [1.82, 2.24) is 9.78 Å². The summed E-state index contributed by atoms with van der Waals surface area (Å²) in [6.45, 7) is 0. The highest BCUT2D eigenvalue weighted by Gasteiger charge is 2.10. The Kier molecular flexibility index (Phi) is 2.83. The van der Waals surface area contributed by atoms with Crippen LogP contribution in [0.4, 0.5) is 0 Å². The summed E-state index contributed by atoms with van der Waals surface area (Å²) in [4.78, 5) is 0. The molecule has 0 aliphatic rings. The molecule has 0 saturated carbocycles. The molecule has 0 amide bonds. The molecule has 2 aromatic carbocycles. The molecule has 0 unspecified atom stereocenters. The van der Waals surface area contributed by atoms with Crippen molar-refractivity contribution in [2.75, 3.05) is 0 Å². The highest BCUT2D eigenvalue weighted by Crippen LogP contribution is 2.23. The number of para-hydroxylation sites is 1. The Labute approximate surface area is 111 Å². The molecule has 1 heterocycles. The van der Waals surface area contributed by atoms with Crippen LogP contribution in [0.3, 0.4) is 0 Å². The number of nitriles is 1. The van der Waals surface area contributed by atoms with Gasteiger partial charge in [-0.15, -0.1) is 0 Å². The van der Waals surface area contributed by atoms with Gasteiger partial charge >= 0.3 is 0 Å². The Bertz CT molecular complexity index is 665. The maximum Gasteiger partial charge on any atom is 0.163 e. The Balaban J connectivity index is 2.20. The molecule has 0 atom stereocenters. The molecule has 0 spiro atoms. The molecular weight excluding hydrogens is 234 g/mol. The van der Waals surface area contributed by atoms with Crippen LogP contribution in [-0.4, -0.2) is 9.78 Å². The molecule has 19 heavy (non-hydrogen) atoms. The molecule has 3 nitrogen and oxygen atoms in total. The molecule has 90 valence electrons. The van der Waals surface area contributed by atoms with Crippen molar-refractivity contribution in [2.24, 2.45) is 0 Å². The lowest BCUT2D eigenvalue weighted by Gasteiger charge is -2.06. The zero-order chi connectivity index (χ0) is 13.1. The third kappa shape index (κ3) is 2.12. The van der Waals surface area contributed by atoms with E-state index in [1.54, 1.807) is 4.68 Å². The Morgan fingerprint density at radius 2 is 1.53 bits per heavy atom. The quantitative estimate of drug-likeness (QED) is 0.694. The topological polar surface area (TPSA) is 41.6 Å². The van der Waals surface area contributed by atoms with Gasteiger partial charge in [0.1, 0.15) is 6.07 Å². The first-order chi connectivity index (χ1) is 9.38. The Morgan fingerprint density at radius 1 is 0.895 bits per heavy atom. The highest BCUT2D eigenvalue weighted by molar-refractivity contribution is 5.63. The van der Waals surface area contributed by atoms with Crippen LogP contribution >= 0.6 is 0 Å². The van der Waals surface area contributed by atoms with Crippen molar-refractivity contribution in [3.8, 4) is 23.0 Å². The van der Waals surface area contributed by atoms with Crippen LogP contribution in [0.1, 0.15) is 5.69 Å². The molecule has 3 aromatic rings. The summed E-state index contributed by atoms with van der Waals surface area (Å²) in [6, 6.07) is 23.7. The average Bonchev–Trinajstić information content (AvgIpc) is 2.93. The standard InChI is InChI=1S/C16H11N3/c17-12-14-11-16(13-7-3-1-4-8-13)19(18-14)15-9-5-2-6-10-15/h1-11H. The lowest BCUT2D eigenvalue weighted by molar-refractivity contribution is 0.880. The predicted octanol–water partition coefficient (Wildman–Crippen LogP) is 3.41. The number of hydrogen-bond donors (Lipinski definition) is 0. The van der Waals surface area contributed by atoms with Gasteiger partial charge < -0.3 is 0 Å². The molecule has 1 aromatic heterocycles. The van der Waals surface area contributed by atoms with Gasteiger partial charge in [0, 0.05) is 11.6 Å². The van der Waals surface area contributed by atoms with Crippen LogP contribution < -0.4 is 0 Å². The summed E-state index contributed by atoms with van der Waals surface area (Å²) in [7, 11) is 0. The van der Waals surface area contributed by atoms with Crippen molar-refractivity contribution in [1.29, 1.82) is 5.26 Å². The first-order valence-corrected chi connectivity index (χ1v) is 5.99. The van der Waals surface area contributed by atoms with Crippen LogP contribution in [0.5, 0.6) is 0 Å².